The maximum absolute atomic E-state index is 5.72. The molecule has 0 unspecified atom stereocenters. The highest BCUT2D eigenvalue weighted by Crippen LogP contribution is 2.50. The molecule has 1 aromatic carbocycles. The van der Waals surface area contributed by atoms with Crippen molar-refractivity contribution >= 4 is 0 Å². The molecular weight excluding hydrogens is 356 g/mol. The minimum Gasteiger partial charge on any atom is -0.492 e. The van der Waals surface area contributed by atoms with E-state index in [0.717, 1.165) is 11.7 Å². The molecule has 2 aliphatic carbocycles. The number of aromatic nitrogens is 2. The zero-order valence-corrected chi connectivity index (χ0v) is 18.2. The Kier molecular flexibility index (Phi) is 5.41. The van der Waals surface area contributed by atoms with Gasteiger partial charge in [-0.1, -0.05) is 31.4 Å². The molecule has 2 heterocycles. The molecule has 2 saturated carbocycles. The molecule has 0 radical (unpaired) electrons. The maximum atomic E-state index is 5.72. The van der Waals surface area contributed by atoms with Gasteiger partial charge in [0.1, 0.15) is 11.9 Å². The van der Waals surface area contributed by atoms with E-state index in [1.807, 2.05) is 0 Å². The number of ether oxygens (including phenoxy) is 1. The zero-order valence-electron chi connectivity index (χ0n) is 18.2. The molecule has 1 aliphatic heterocycles. The van der Waals surface area contributed by atoms with Gasteiger partial charge in [-0.2, -0.15) is 4.57 Å². The van der Waals surface area contributed by atoms with Crippen molar-refractivity contribution in [1.82, 2.24) is 4.57 Å². The molecule has 2 aromatic rings. The molecule has 1 spiro atoms. The summed E-state index contributed by atoms with van der Waals surface area (Å²) in [6.45, 7) is 1.19. The Balaban J connectivity index is 1.48. The Morgan fingerprint density at radius 1 is 0.931 bits per heavy atom. The molecule has 156 valence electrons. The quantitative estimate of drug-likeness (QED) is 0.576. The number of para-hydroxylation sites is 2. The molecule has 3 aliphatic rings. The van der Waals surface area contributed by atoms with Crippen LogP contribution in [0.4, 0.5) is 0 Å². The number of hydrogen-bond acceptors (Lipinski definition) is 1. The van der Waals surface area contributed by atoms with Gasteiger partial charge in [-0.15, -0.1) is 0 Å². The first-order valence-corrected chi connectivity index (χ1v) is 12.1. The lowest BCUT2D eigenvalue weighted by Crippen LogP contribution is -2.42. The average Bonchev–Trinajstić information content (AvgIpc) is 2.95. The summed E-state index contributed by atoms with van der Waals surface area (Å²) < 4.78 is 10.9. The van der Waals surface area contributed by atoms with Gasteiger partial charge in [0.2, 0.25) is 0 Å². The van der Waals surface area contributed by atoms with Crippen molar-refractivity contribution in [3.8, 4) is 11.4 Å². The second kappa shape index (κ2) is 8.16. The van der Waals surface area contributed by atoms with Crippen molar-refractivity contribution in [3.05, 3.63) is 42.0 Å². The summed E-state index contributed by atoms with van der Waals surface area (Å²) in [6.07, 6.45) is 20.7. The fourth-order valence-corrected chi connectivity index (χ4v) is 6.49. The topological polar surface area (TPSA) is 18.0 Å². The minimum atomic E-state index is 0.696. The number of methoxy groups -OCH3 is 1. The summed E-state index contributed by atoms with van der Waals surface area (Å²) in [7, 11) is 1.79. The van der Waals surface area contributed by atoms with Crippen molar-refractivity contribution in [2.24, 2.45) is 5.41 Å². The predicted molar refractivity (Wildman–Crippen MR) is 117 cm³/mol. The highest BCUT2D eigenvalue weighted by atomic mass is 16.5. The first-order chi connectivity index (χ1) is 14.3. The fourth-order valence-electron chi connectivity index (χ4n) is 6.49. The van der Waals surface area contributed by atoms with E-state index < -0.39 is 0 Å². The number of hydrogen-bond donors (Lipinski definition) is 0. The van der Waals surface area contributed by atoms with Crippen LogP contribution in [-0.4, -0.2) is 11.7 Å². The largest absolute Gasteiger partial charge is 0.492 e. The number of fused-ring (bicyclic) bond motifs is 1. The van der Waals surface area contributed by atoms with E-state index in [9.17, 15) is 0 Å². The normalized spacial score (nSPS) is 22.2. The summed E-state index contributed by atoms with van der Waals surface area (Å²) in [6, 6.07) is 8.52. The second-order valence-corrected chi connectivity index (χ2v) is 9.81. The molecular formula is C26H37N2O+. The van der Waals surface area contributed by atoms with E-state index in [0.29, 0.717) is 5.41 Å². The third kappa shape index (κ3) is 3.62. The highest BCUT2D eigenvalue weighted by Gasteiger charge is 2.39. The van der Waals surface area contributed by atoms with Gasteiger partial charge in [-0.25, -0.2) is 4.57 Å². The fraction of sp³-hybridized carbons (Fsp3) is 0.654. The summed E-state index contributed by atoms with van der Waals surface area (Å²) >= 11 is 0. The van der Waals surface area contributed by atoms with E-state index in [1.165, 1.54) is 102 Å². The van der Waals surface area contributed by atoms with Gasteiger partial charge in [0, 0.05) is 12.3 Å². The van der Waals surface area contributed by atoms with Crippen molar-refractivity contribution in [2.75, 3.05) is 7.11 Å². The van der Waals surface area contributed by atoms with Gasteiger partial charge in [0.05, 0.1) is 13.7 Å². The number of imidazole rings is 1. The molecule has 29 heavy (non-hydrogen) atoms. The van der Waals surface area contributed by atoms with Crippen LogP contribution in [0.5, 0.6) is 5.75 Å². The van der Waals surface area contributed by atoms with E-state index in [4.69, 9.17) is 4.74 Å². The van der Waals surface area contributed by atoms with Crippen molar-refractivity contribution < 1.29 is 9.30 Å². The summed E-state index contributed by atoms with van der Waals surface area (Å²) in [5.74, 6) is 3.20. The molecule has 0 amide bonds. The van der Waals surface area contributed by atoms with Gasteiger partial charge in [-0.05, 0) is 75.3 Å². The Morgan fingerprint density at radius 3 is 2.48 bits per heavy atom. The number of benzene rings is 1. The lowest BCUT2D eigenvalue weighted by atomic mass is 9.63. The third-order valence-corrected chi connectivity index (χ3v) is 8.17. The molecule has 0 saturated heterocycles. The Labute approximate surface area is 176 Å². The van der Waals surface area contributed by atoms with Crippen LogP contribution in [0.1, 0.15) is 94.5 Å². The smallest absolute Gasteiger partial charge is 0.261 e. The molecule has 1 aromatic heterocycles. The highest BCUT2D eigenvalue weighted by molar-refractivity contribution is 5.47. The van der Waals surface area contributed by atoms with Crippen LogP contribution in [-0.2, 0) is 13.0 Å². The first-order valence-electron chi connectivity index (χ1n) is 12.1. The lowest BCUT2D eigenvalue weighted by molar-refractivity contribution is -0.710. The van der Waals surface area contributed by atoms with Crippen molar-refractivity contribution in [1.29, 1.82) is 0 Å². The van der Waals surface area contributed by atoms with Gasteiger partial charge in [-0.3, -0.25) is 0 Å². The van der Waals surface area contributed by atoms with Crippen LogP contribution in [0.2, 0.25) is 0 Å². The molecule has 3 heteroatoms. The second-order valence-electron chi connectivity index (χ2n) is 9.81. The Morgan fingerprint density at radius 2 is 1.69 bits per heavy atom. The van der Waals surface area contributed by atoms with Crippen LogP contribution in [0.25, 0.3) is 5.69 Å². The third-order valence-electron chi connectivity index (χ3n) is 8.17. The molecule has 2 fully saturated rings. The van der Waals surface area contributed by atoms with Gasteiger partial charge >= 0.3 is 0 Å². The molecule has 0 N–H and O–H groups in total. The van der Waals surface area contributed by atoms with Crippen LogP contribution in [0, 0.1) is 5.41 Å². The van der Waals surface area contributed by atoms with E-state index in [-0.39, 0.29) is 0 Å². The molecule has 0 bridgehead atoms. The van der Waals surface area contributed by atoms with Gasteiger partial charge in [0.15, 0.2) is 11.4 Å². The molecule has 5 rings (SSSR count). The summed E-state index contributed by atoms with van der Waals surface area (Å²) in [4.78, 5) is 0. The minimum absolute atomic E-state index is 0.696. The maximum Gasteiger partial charge on any atom is 0.261 e. The number of rotatable bonds is 3. The lowest BCUT2D eigenvalue weighted by Gasteiger charge is -2.42. The first kappa shape index (κ1) is 19.2. The Bertz CT molecular complexity index is 836. The van der Waals surface area contributed by atoms with Crippen molar-refractivity contribution in [3.63, 3.8) is 0 Å². The van der Waals surface area contributed by atoms with E-state index in [1.54, 1.807) is 12.8 Å². The molecule has 3 nitrogen and oxygen atoms in total. The SMILES string of the molecule is COc1ccccc1-n1cc(C2CCC3(CCCCC3)CC2)[n+]2c1CCCCC2. The Hall–Kier alpha value is -1.77. The van der Waals surface area contributed by atoms with Crippen LogP contribution in [0.15, 0.2) is 30.5 Å². The van der Waals surface area contributed by atoms with Gasteiger partial charge < -0.3 is 4.74 Å². The van der Waals surface area contributed by atoms with Gasteiger partial charge in [0.25, 0.3) is 5.82 Å². The average molecular weight is 394 g/mol. The summed E-state index contributed by atoms with van der Waals surface area (Å²) in [5, 5.41) is 0. The van der Waals surface area contributed by atoms with Crippen LogP contribution in [0.3, 0.4) is 0 Å². The zero-order chi connectivity index (χ0) is 19.7. The van der Waals surface area contributed by atoms with Crippen LogP contribution >= 0.6 is 0 Å². The standard InChI is InChI=1S/C26H37N2O/c1-29-24-11-6-5-10-22(24)28-20-23(27-19-9-2-4-12-25(27)28)21-13-17-26(18-14-21)15-7-3-8-16-26/h5-6,10-11,20-21H,2-4,7-9,12-19H2,1H3/q+1. The molecule has 0 atom stereocenters. The van der Waals surface area contributed by atoms with Crippen LogP contribution < -0.4 is 9.30 Å². The van der Waals surface area contributed by atoms with Crippen molar-refractivity contribution in [2.45, 2.75) is 95.9 Å². The number of nitrogens with zero attached hydrogens (tertiary/aromatic N) is 2. The monoisotopic (exact) mass is 393 g/mol. The van der Waals surface area contributed by atoms with E-state index >= 15 is 0 Å². The summed E-state index contributed by atoms with van der Waals surface area (Å²) in [5.41, 5.74) is 3.49. The van der Waals surface area contributed by atoms with E-state index in [2.05, 4.69) is 39.6 Å². The predicted octanol–water partition coefficient (Wildman–Crippen LogP) is 6.11.